The van der Waals surface area contributed by atoms with Crippen molar-refractivity contribution in [3.8, 4) is 0 Å². The van der Waals surface area contributed by atoms with Crippen molar-refractivity contribution < 1.29 is 9.90 Å². The average Bonchev–Trinajstić information content (AvgIpc) is 2.17. The third kappa shape index (κ3) is 2.83. The van der Waals surface area contributed by atoms with Crippen LogP contribution in [0, 0.1) is 0 Å². The van der Waals surface area contributed by atoms with E-state index in [9.17, 15) is 4.79 Å². The second-order valence-corrected chi connectivity index (χ2v) is 3.15. The third-order valence-electron chi connectivity index (χ3n) is 2.01. The van der Waals surface area contributed by atoms with Gasteiger partial charge >= 0.3 is 5.97 Å². The Morgan fingerprint density at radius 2 is 2.21 bits per heavy atom. The summed E-state index contributed by atoms with van der Waals surface area (Å²) in [5.41, 5.74) is 12.9. The van der Waals surface area contributed by atoms with Gasteiger partial charge in [-0.2, -0.15) is 0 Å². The molecule has 0 aliphatic heterocycles. The van der Waals surface area contributed by atoms with Crippen molar-refractivity contribution in [3.05, 3.63) is 35.4 Å². The minimum Gasteiger partial charge on any atom is -0.481 e. The molecule has 0 saturated heterocycles. The average molecular weight is 194 g/mol. The molecule has 1 unspecified atom stereocenters. The van der Waals surface area contributed by atoms with Crippen LogP contribution in [0.4, 0.5) is 0 Å². The molecule has 1 aromatic carbocycles. The van der Waals surface area contributed by atoms with Gasteiger partial charge in [0.15, 0.2) is 0 Å². The molecule has 0 aliphatic carbocycles. The predicted octanol–water partition coefficient (Wildman–Crippen LogP) is 0.620. The van der Waals surface area contributed by atoms with Gasteiger partial charge in [0.25, 0.3) is 0 Å². The summed E-state index contributed by atoms with van der Waals surface area (Å²) in [6, 6.07) is 6.91. The number of hydrogen-bond donors (Lipinski definition) is 3. The Kier molecular flexibility index (Phi) is 3.62. The standard InChI is InChI=1S/C10H14N2O2/c11-6-7-2-1-3-8(4-7)9(12)5-10(13)14/h1-4,9H,5-6,11-12H2,(H,13,14). The summed E-state index contributed by atoms with van der Waals surface area (Å²) in [6.07, 6.45) is -0.0615. The van der Waals surface area contributed by atoms with E-state index in [0.717, 1.165) is 11.1 Å². The van der Waals surface area contributed by atoms with Crippen LogP contribution in [0.25, 0.3) is 0 Å². The lowest BCUT2D eigenvalue weighted by atomic mass is 10.0. The molecule has 0 radical (unpaired) electrons. The summed E-state index contributed by atoms with van der Waals surface area (Å²) < 4.78 is 0. The minimum absolute atomic E-state index is 0.0615. The molecule has 1 aromatic rings. The van der Waals surface area contributed by atoms with E-state index in [-0.39, 0.29) is 6.42 Å². The summed E-state index contributed by atoms with van der Waals surface area (Å²) in [6.45, 7) is 0.438. The zero-order valence-corrected chi connectivity index (χ0v) is 7.81. The van der Waals surface area contributed by atoms with E-state index in [4.69, 9.17) is 16.6 Å². The second kappa shape index (κ2) is 4.74. The number of carboxylic acids is 1. The van der Waals surface area contributed by atoms with E-state index in [1.807, 2.05) is 24.3 Å². The van der Waals surface area contributed by atoms with Gasteiger partial charge in [0.1, 0.15) is 0 Å². The van der Waals surface area contributed by atoms with Crippen LogP contribution in [0.15, 0.2) is 24.3 Å². The number of benzene rings is 1. The zero-order valence-electron chi connectivity index (χ0n) is 7.81. The van der Waals surface area contributed by atoms with Crippen LogP contribution in [-0.2, 0) is 11.3 Å². The van der Waals surface area contributed by atoms with Crippen molar-refractivity contribution >= 4 is 5.97 Å². The summed E-state index contributed by atoms with van der Waals surface area (Å²) >= 11 is 0. The molecule has 14 heavy (non-hydrogen) atoms. The first-order valence-electron chi connectivity index (χ1n) is 4.39. The molecule has 5 N–H and O–H groups in total. The number of nitrogens with two attached hydrogens (primary N) is 2. The first kappa shape index (κ1) is 10.7. The van der Waals surface area contributed by atoms with Crippen molar-refractivity contribution in [2.45, 2.75) is 19.0 Å². The Bertz CT molecular complexity index is 326. The van der Waals surface area contributed by atoms with Crippen LogP contribution in [-0.4, -0.2) is 11.1 Å². The first-order valence-corrected chi connectivity index (χ1v) is 4.39. The van der Waals surface area contributed by atoms with E-state index in [0.29, 0.717) is 6.54 Å². The van der Waals surface area contributed by atoms with Gasteiger partial charge in [-0.25, -0.2) is 0 Å². The van der Waals surface area contributed by atoms with Crippen LogP contribution < -0.4 is 11.5 Å². The molecule has 0 aliphatic rings. The minimum atomic E-state index is -0.893. The van der Waals surface area contributed by atoms with E-state index in [1.165, 1.54) is 0 Å². The SMILES string of the molecule is NCc1cccc(C(N)CC(=O)O)c1. The Labute approximate surface area is 82.5 Å². The highest BCUT2D eigenvalue weighted by Crippen LogP contribution is 2.15. The van der Waals surface area contributed by atoms with E-state index in [2.05, 4.69) is 0 Å². The molecule has 0 fully saturated rings. The predicted molar refractivity (Wildman–Crippen MR) is 53.5 cm³/mol. The molecule has 0 aromatic heterocycles. The molecule has 1 atom stereocenters. The highest BCUT2D eigenvalue weighted by Gasteiger charge is 2.10. The first-order chi connectivity index (χ1) is 6.63. The number of aliphatic carboxylic acids is 1. The molecule has 4 nitrogen and oxygen atoms in total. The van der Waals surface area contributed by atoms with Crippen LogP contribution in [0.5, 0.6) is 0 Å². The fraction of sp³-hybridized carbons (Fsp3) is 0.300. The lowest BCUT2D eigenvalue weighted by molar-refractivity contribution is -0.137. The van der Waals surface area contributed by atoms with Gasteiger partial charge in [0.05, 0.1) is 6.42 Å². The molecule has 1 rings (SSSR count). The summed E-state index contributed by atoms with van der Waals surface area (Å²) in [5.74, 6) is -0.893. The molecule has 0 bridgehead atoms. The summed E-state index contributed by atoms with van der Waals surface area (Å²) in [4.78, 5) is 10.4. The molecule has 0 amide bonds. The third-order valence-corrected chi connectivity index (χ3v) is 2.01. The van der Waals surface area contributed by atoms with Gasteiger partial charge in [0.2, 0.25) is 0 Å². The van der Waals surface area contributed by atoms with Gasteiger partial charge in [-0.05, 0) is 11.1 Å². The van der Waals surface area contributed by atoms with E-state index in [1.54, 1.807) is 0 Å². The number of carbonyl (C=O) groups is 1. The van der Waals surface area contributed by atoms with Crippen molar-refractivity contribution in [2.24, 2.45) is 11.5 Å². The maximum Gasteiger partial charge on any atom is 0.305 e. The largest absolute Gasteiger partial charge is 0.481 e. The van der Waals surface area contributed by atoms with Gasteiger partial charge in [-0.15, -0.1) is 0 Å². The van der Waals surface area contributed by atoms with Crippen LogP contribution in [0.3, 0.4) is 0 Å². The van der Waals surface area contributed by atoms with Gasteiger partial charge in [-0.3, -0.25) is 4.79 Å². The molecule has 0 heterocycles. The van der Waals surface area contributed by atoms with E-state index < -0.39 is 12.0 Å². The Morgan fingerprint density at radius 3 is 2.79 bits per heavy atom. The summed E-state index contributed by atoms with van der Waals surface area (Å²) in [7, 11) is 0. The molecule has 76 valence electrons. The van der Waals surface area contributed by atoms with Gasteiger partial charge in [-0.1, -0.05) is 24.3 Å². The van der Waals surface area contributed by atoms with Crippen molar-refractivity contribution in [3.63, 3.8) is 0 Å². The highest BCUT2D eigenvalue weighted by molar-refractivity contribution is 5.67. The Hall–Kier alpha value is -1.39. The van der Waals surface area contributed by atoms with Crippen molar-refractivity contribution in [1.29, 1.82) is 0 Å². The molecular formula is C10H14N2O2. The topological polar surface area (TPSA) is 89.3 Å². The second-order valence-electron chi connectivity index (χ2n) is 3.15. The molecule has 0 spiro atoms. The van der Waals surface area contributed by atoms with Crippen LogP contribution in [0.1, 0.15) is 23.6 Å². The fourth-order valence-corrected chi connectivity index (χ4v) is 1.26. The van der Waals surface area contributed by atoms with Gasteiger partial charge in [0, 0.05) is 12.6 Å². The van der Waals surface area contributed by atoms with Gasteiger partial charge < -0.3 is 16.6 Å². The van der Waals surface area contributed by atoms with E-state index >= 15 is 0 Å². The maximum absolute atomic E-state index is 10.4. The maximum atomic E-state index is 10.4. The van der Waals surface area contributed by atoms with Crippen molar-refractivity contribution in [1.82, 2.24) is 0 Å². The van der Waals surface area contributed by atoms with Crippen molar-refractivity contribution in [2.75, 3.05) is 0 Å². The highest BCUT2D eigenvalue weighted by atomic mass is 16.4. The summed E-state index contributed by atoms with van der Waals surface area (Å²) in [5, 5.41) is 8.57. The van der Waals surface area contributed by atoms with Crippen LogP contribution in [0.2, 0.25) is 0 Å². The Morgan fingerprint density at radius 1 is 1.50 bits per heavy atom. The zero-order chi connectivity index (χ0) is 10.6. The smallest absolute Gasteiger partial charge is 0.305 e. The number of carboxylic acid groups (broad SMARTS) is 1. The monoisotopic (exact) mass is 194 g/mol. The molecule has 4 heteroatoms. The number of hydrogen-bond acceptors (Lipinski definition) is 3. The van der Waals surface area contributed by atoms with Crippen LogP contribution >= 0.6 is 0 Å². The lowest BCUT2D eigenvalue weighted by Crippen LogP contribution is -2.15. The fourth-order valence-electron chi connectivity index (χ4n) is 1.26. The normalized spacial score (nSPS) is 12.4. The number of rotatable bonds is 4. The molecule has 0 saturated carbocycles. The Balaban J connectivity index is 2.78. The quantitative estimate of drug-likeness (QED) is 0.655. The lowest BCUT2D eigenvalue weighted by Gasteiger charge is -2.10. The molecular weight excluding hydrogens is 180 g/mol.